The number of esters is 1. The van der Waals surface area contributed by atoms with Crippen molar-refractivity contribution >= 4 is 11.9 Å². The average molecular weight is 340 g/mol. The van der Waals surface area contributed by atoms with Gasteiger partial charge in [-0.1, -0.05) is 42.5 Å². The van der Waals surface area contributed by atoms with Gasteiger partial charge in [0.15, 0.2) is 0 Å². The monoisotopic (exact) mass is 340 g/mol. The van der Waals surface area contributed by atoms with E-state index in [-0.39, 0.29) is 13.0 Å². The first-order chi connectivity index (χ1) is 12.1. The molecule has 1 fully saturated rings. The van der Waals surface area contributed by atoms with E-state index in [1.54, 1.807) is 31.2 Å². The molecule has 1 aliphatic rings. The molecule has 0 saturated heterocycles. The molecule has 2 aromatic carbocycles. The van der Waals surface area contributed by atoms with Gasteiger partial charge in [0, 0.05) is 0 Å². The maximum absolute atomic E-state index is 12.3. The smallest absolute Gasteiger partial charge is 0.317 e. The minimum Gasteiger partial charge on any atom is -0.489 e. The fourth-order valence-corrected chi connectivity index (χ4v) is 3.07. The maximum Gasteiger partial charge on any atom is 0.317 e. The molecule has 0 bridgehead atoms. The van der Waals surface area contributed by atoms with Crippen LogP contribution in [0.4, 0.5) is 0 Å². The number of rotatable bonds is 7. The van der Waals surface area contributed by atoms with Gasteiger partial charge in [0.25, 0.3) is 0 Å². The molecule has 0 spiro atoms. The van der Waals surface area contributed by atoms with Gasteiger partial charge < -0.3 is 14.6 Å². The third-order valence-corrected chi connectivity index (χ3v) is 4.52. The molecule has 1 saturated carbocycles. The minimum absolute atomic E-state index is 0.227. The van der Waals surface area contributed by atoms with Crippen LogP contribution in [-0.2, 0) is 26.3 Å². The Morgan fingerprint density at radius 1 is 1.12 bits per heavy atom. The molecule has 5 nitrogen and oxygen atoms in total. The minimum atomic E-state index is -1.07. The second-order valence-electron chi connectivity index (χ2n) is 6.09. The summed E-state index contributed by atoms with van der Waals surface area (Å²) in [6.45, 7) is 2.39. The zero-order valence-corrected chi connectivity index (χ0v) is 14.0. The van der Waals surface area contributed by atoms with Crippen molar-refractivity contribution in [2.24, 2.45) is 5.92 Å². The number of carbonyl (C=O) groups excluding carboxylic acids is 1. The first kappa shape index (κ1) is 17.0. The highest BCUT2D eigenvalue weighted by molar-refractivity contribution is 5.95. The zero-order valence-electron chi connectivity index (χ0n) is 14.0. The van der Waals surface area contributed by atoms with E-state index in [9.17, 15) is 14.7 Å². The van der Waals surface area contributed by atoms with E-state index in [1.165, 1.54) is 0 Å². The van der Waals surface area contributed by atoms with Gasteiger partial charge in [0.2, 0.25) is 0 Å². The van der Waals surface area contributed by atoms with Crippen LogP contribution in [-0.4, -0.2) is 23.7 Å². The number of carboxylic acids is 1. The molecule has 1 aliphatic carbocycles. The SMILES string of the molecule is CCOC(=O)[C@]1(c2ccc(OCc3ccccc3)cc2)C[C@H]1C(=O)O. The summed E-state index contributed by atoms with van der Waals surface area (Å²) in [4.78, 5) is 23.7. The Morgan fingerprint density at radius 3 is 2.36 bits per heavy atom. The first-order valence-corrected chi connectivity index (χ1v) is 8.25. The van der Waals surface area contributed by atoms with Gasteiger partial charge in [-0.3, -0.25) is 9.59 Å². The van der Waals surface area contributed by atoms with Gasteiger partial charge in [-0.25, -0.2) is 0 Å². The van der Waals surface area contributed by atoms with Crippen LogP contribution in [0.3, 0.4) is 0 Å². The van der Waals surface area contributed by atoms with E-state index in [0.29, 0.717) is 17.9 Å². The predicted molar refractivity (Wildman–Crippen MR) is 91.3 cm³/mol. The van der Waals surface area contributed by atoms with Crippen LogP contribution in [0, 0.1) is 5.92 Å². The topological polar surface area (TPSA) is 72.8 Å². The van der Waals surface area contributed by atoms with Crippen molar-refractivity contribution < 1.29 is 24.2 Å². The van der Waals surface area contributed by atoms with Crippen LogP contribution < -0.4 is 4.74 Å². The number of hydrogen-bond acceptors (Lipinski definition) is 4. The fraction of sp³-hybridized carbons (Fsp3) is 0.300. The molecule has 1 N–H and O–H groups in total. The Morgan fingerprint density at radius 2 is 1.80 bits per heavy atom. The molecular weight excluding hydrogens is 320 g/mol. The second-order valence-corrected chi connectivity index (χ2v) is 6.09. The highest BCUT2D eigenvalue weighted by atomic mass is 16.5. The van der Waals surface area contributed by atoms with Gasteiger partial charge in [-0.2, -0.15) is 0 Å². The highest BCUT2D eigenvalue weighted by Gasteiger charge is 2.66. The van der Waals surface area contributed by atoms with E-state index < -0.39 is 23.3 Å². The molecular formula is C20H20O5. The molecule has 0 aromatic heterocycles. The van der Waals surface area contributed by atoms with Crippen molar-refractivity contribution in [2.75, 3.05) is 6.61 Å². The van der Waals surface area contributed by atoms with E-state index >= 15 is 0 Å². The average Bonchev–Trinajstić information content (AvgIpc) is 3.39. The molecule has 2 aromatic rings. The summed E-state index contributed by atoms with van der Waals surface area (Å²) in [6, 6.07) is 16.8. The Labute approximate surface area is 146 Å². The van der Waals surface area contributed by atoms with Crippen molar-refractivity contribution in [3.8, 4) is 5.75 Å². The molecule has 0 unspecified atom stereocenters. The van der Waals surface area contributed by atoms with E-state index in [4.69, 9.17) is 9.47 Å². The van der Waals surface area contributed by atoms with E-state index in [1.807, 2.05) is 30.3 Å². The normalized spacial score (nSPS) is 21.4. The van der Waals surface area contributed by atoms with Crippen molar-refractivity contribution in [2.45, 2.75) is 25.4 Å². The molecule has 0 amide bonds. The molecule has 5 heteroatoms. The second kappa shape index (κ2) is 6.97. The lowest BCUT2D eigenvalue weighted by atomic mass is 9.93. The third kappa shape index (κ3) is 3.36. The van der Waals surface area contributed by atoms with Crippen molar-refractivity contribution in [3.63, 3.8) is 0 Å². The Hall–Kier alpha value is -2.82. The van der Waals surface area contributed by atoms with Gasteiger partial charge in [0.1, 0.15) is 17.8 Å². The summed E-state index contributed by atoms with van der Waals surface area (Å²) in [5.74, 6) is -1.51. The number of ether oxygens (including phenoxy) is 2. The standard InChI is InChI=1S/C20H20O5/c1-2-24-19(23)20(12-17(20)18(21)22)15-8-10-16(11-9-15)25-13-14-6-4-3-5-7-14/h3-11,17H,2,12-13H2,1H3,(H,21,22)/t17-,20-/m0/s1. The summed E-state index contributed by atoms with van der Waals surface area (Å²) in [7, 11) is 0. The van der Waals surface area contributed by atoms with Crippen LogP contribution in [0.2, 0.25) is 0 Å². The van der Waals surface area contributed by atoms with Gasteiger partial charge in [0.05, 0.1) is 12.5 Å². The predicted octanol–water partition coefficient (Wildman–Crippen LogP) is 3.17. The summed E-state index contributed by atoms with van der Waals surface area (Å²) in [5.41, 5.74) is 0.646. The summed E-state index contributed by atoms with van der Waals surface area (Å²) < 4.78 is 10.8. The summed E-state index contributed by atoms with van der Waals surface area (Å²) in [5, 5.41) is 9.30. The van der Waals surface area contributed by atoms with Gasteiger partial charge in [-0.15, -0.1) is 0 Å². The molecule has 130 valence electrons. The van der Waals surface area contributed by atoms with E-state index in [0.717, 1.165) is 5.56 Å². The number of benzene rings is 2. The Bertz CT molecular complexity index is 753. The number of carboxylic acid groups (broad SMARTS) is 1. The quantitative estimate of drug-likeness (QED) is 0.784. The van der Waals surface area contributed by atoms with Gasteiger partial charge >= 0.3 is 11.9 Å². The van der Waals surface area contributed by atoms with Crippen LogP contribution in [0.25, 0.3) is 0 Å². The van der Waals surface area contributed by atoms with Crippen LogP contribution in [0.1, 0.15) is 24.5 Å². The molecule has 2 atom stereocenters. The largest absolute Gasteiger partial charge is 0.489 e. The Balaban J connectivity index is 1.74. The molecule has 25 heavy (non-hydrogen) atoms. The van der Waals surface area contributed by atoms with Crippen LogP contribution >= 0.6 is 0 Å². The van der Waals surface area contributed by atoms with Crippen molar-refractivity contribution in [1.29, 1.82) is 0 Å². The summed E-state index contributed by atoms with van der Waals surface area (Å²) in [6.07, 6.45) is 0.269. The van der Waals surface area contributed by atoms with Crippen LogP contribution in [0.15, 0.2) is 54.6 Å². The Kier molecular flexibility index (Phi) is 4.74. The lowest BCUT2D eigenvalue weighted by Crippen LogP contribution is -2.27. The molecule has 3 rings (SSSR count). The molecule has 0 heterocycles. The number of carbonyl (C=O) groups is 2. The van der Waals surface area contributed by atoms with Crippen LogP contribution in [0.5, 0.6) is 5.75 Å². The fourth-order valence-electron chi connectivity index (χ4n) is 3.07. The number of hydrogen-bond donors (Lipinski definition) is 1. The lowest BCUT2D eigenvalue weighted by molar-refractivity contribution is -0.150. The van der Waals surface area contributed by atoms with E-state index in [2.05, 4.69) is 0 Å². The molecule has 0 radical (unpaired) electrons. The first-order valence-electron chi connectivity index (χ1n) is 8.25. The van der Waals surface area contributed by atoms with Gasteiger partial charge in [-0.05, 0) is 36.6 Å². The molecule has 0 aliphatic heterocycles. The maximum atomic E-state index is 12.3. The highest BCUT2D eigenvalue weighted by Crippen LogP contribution is 2.55. The zero-order chi connectivity index (χ0) is 17.9. The third-order valence-electron chi connectivity index (χ3n) is 4.52. The number of aliphatic carboxylic acids is 1. The van der Waals surface area contributed by atoms with Crippen molar-refractivity contribution in [3.05, 3.63) is 65.7 Å². The lowest BCUT2D eigenvalue weighted by Gasteiger charge is -2.16. The summed E-state index contributed by atoms with van der Waals surface area (Å²) >= 11 is 0. The van der Waals surface area contributed by atoms with Crippen molar-refractivity contribution in [1.82, 2.24) is 0 Å².